The van der Waals surface area contributed by atoms with E-state index in [1.807, 2.05) is 0 Å². The first kappa shape index (κ1) is 14.0. The number of rotatable bonds is 3. The maximum absolute atomic E-state index is 11.9. The third-order valence-electron chi connectivity index (χ3n) is 2.62. The first-order chi connectivity index (χ1) is 8.32. The van der Waals surface area contributed by atoms with Crippen LogP contribution in [0.25, 0.3) is 0 Å². The number of likely N-dealkylation sites (N-methyl/N-ethyl adjacent to an activating group) is 1. The van der Waals surface area contributed by atoms with Crippen LogP contribution in [0.1, 0.15) is 22.8 Å². The number of nitrogens with zero attached hydrogens (tertiary/aromatic N) is 1. The van der Waals surface area contributed by atoms with Crippen molar-refractivity contribution in [1.82, 2.24) is 10.2 Å². The molecule has 0 aliphatic rings. The zero-order valence-corrected chi connectivity index (χ0v) is 11.0. The molecule has 0 aliphatic carbocycles. The predicted molar refractivity (Wildman–Crippen MR) is 68.5 cm³/mol. The van der Waals surface area contributed by atoms with Crippen LogP contribution >= 0.6 is 0 Å². The van der Waals surface area contributed by atoms with Gasteiger partial charge in [0.2, 0.25) is 5.91 Å². The second kappa shape index (κ2) is 5.53. The third kappa shape index (κ3) is 3.23. The van der Waals surface area contributed by atoms with Gasteiger partial charge in [-0.05, 0) is 37.6 Å². The van der Waals surface area contributed by atoms with Crippen LogP contribution in [0, 0.1) is 6.92 Å². The normalized spacial score (nSPS) is 11.8. The van der Waals surface area contributed by atoms with Gasteiger partial charge >= 0.3 is 0 Å². The molecule has 1 rings (SSSR count). The Morgan fingerprint density at radius 2 is 1.94 bits per heavy atom. The average molecular weight is 250 g/mol. The molecule has 18 heavy (non-hydrogen) atoms. The molecule has 0 heterocycles. The Labute approximate surface area is 106 Å². The van der Waals surface area contributed by atoms with Gasteiger partial charge in [0.05, 0.1) is 0 Å². The van der Waals surface area contributed by atoms with E-state index in [-0.39, 0.29) is 17.6 Å². The van der Waals surface area contributed by atoms with E-state index < -0.39 is 6.04 Å². The fourth-order valence-electron chi connectivity index (χ4n) is 1.53. The van der Waals surface area contributed by atoms with E-state index in [4.69, 9.17) is 0 Å². The molecule has 0 fully saturated rings. The number of carbonyl (C=O) groups excluding carboxylic acids is 2. The highest BCUT2D eigenvalue weighted by Gasteiger charge is 2.18. The lowest BCUT2D eigenvalue weighted by Gasteiger charge is -2.18. The number of phenols is 1. The molecule has 2 amide bonds. The first-order valence-corrected chi connectivity index (χ1v) is 5.64. The minimum absolute atomic E-state index is 0.143. The maximum Gasteiger partial charge on any atom is 0.251 e. The molecule has 5 heteroatoms. The van der Waals surface area contributed by atoms with Gasteiger partial charge in [-0.1, -0.05) is 0 Å². The Hall–Kier alpha value is -2.04. The van der Waals surface area contributed by atoms with E-state index >= 15 is 0 Å². The van der Waals surface area contributed by atoms with Crippen molar-refractivity contribution in [2.75, 3.05) is 14.1 Å². The van der Waals surface area contributed by atoms with E-state index in [1.54, 1.807) is 34.0 Å². The van der Waals surface area contributed by atoms with Gasteiger partial charge in [0.25, 0.3) is 5.91 Å². The van der Waals surface area contributed by atoms with E-state index in [2.05, 4.69) is 5.32 Å². The molecule has 0 bridgehead atoms. The quantitative estimate of drug-likeness (QED) is 0.837. The Morgan fingerprint density at radius 1 is 1.33 bits per heavy atom. The molecule has 0 aliphatic heterocycles. The molecular formula is C13H18N2O3. The smallest absolute Gasteiger partial charge is 0.251 e. The minimum Gasteiger partial charge on any atom is -0.508 e. The van der Waals surface area contributed by atoms with Crippen molar-refractivity contribution in [3.8, 4) is 5.75 Å². The lowest BCUT2D eigenvalue weighted by Crippen LogP contribution is -2.44. The summed E-state index contributed by atoms with van der Waals surface area (Å²) >= 11 is 0. The number of hydrogen-bond acceptors (Lipinski definition) is 3. The van der Waals surface area contributed by atoms with E-state index in [0.29, 0.717) is 11.1 Å². The largest absolute Gasteiger partial charge is 0.508 e. The number of amides is 2. The fourth-order valence-corrected chi connectivity index (χ4v) is 1.53. The summed E-state index contributed by atoms with van der Waals surface area (Å²) < 4.78 is 0. The van der Waals surface area contributed by atoms with Gasteiger partial charge in [0, 0.05) is 19.7 Å². The van der Waals surface area contributed by atoms with Crippen LogP contribution < -0.4 is 5.32 Å². The van der Waals surface area contributed by atoms with Crippen LogP contribution in [-0.2, 0) is 4.79 Å². The van der Waals surface area contributed by atoms with Crippen molar-refractivity contribution in [3.63, 3.8) is 0 Å². The van der Waals surface area contributed by atoms with Crippen LogP contribution in [0.3, 0.4) is 0 Å². The van der Waals surface area contributed by atoms with Gasteiger partial charge in [0.1, 0.15) is 11.8 Å². The van der Waals surface area contributed by atoms with Crippen molar-refractivity contribution >= 4 is 11.8 Å². The summed E-state index contributed by atoms with van der Waals surface area (Å²) in [6.07, 6.45) is 0. The lowest BCUT2D eigenvalue weighted by molar-refractivity contribution is -0.130. The number of aryl methyl sites for hydroxylation is 1. The minimum atomic E-state index is -0.582. The lowest BCUT2D eigenvalue weighted by atomic mass is 10.1. The van der Waals surface area contributed by atoms with Crippen molar-refractivity contribution in [3.05, 3.63) is 29.3 Å². The Balaban J connectivity index is 2.76. The topological polar surface area (TPSA) is 69.6 Å². The molecule has 5 nitrogen and oxygen atoms in total. The van der Waals surface area contributed by atoms with Gasteiger partial charge in [-0.3, -0.25) is 9.59 Å². The van der Waals surface area contributed by atoms with Crippen molar-refractivity contribution in [1.29, 1.82) is 0 Å². The van der Waals surface area contributed by atoms with Crippen LogP contribution in [0.15, 0.2) is 18.2 Å². The second-order valence-corrected chi connectivity index (χ2v) is 4.43. The molecule has 1 aromatic rings. The first-order valence-electron chi connectivity index (χ1n) is 5.64. The maximum atomic E-state index is 11.9. The van der Waals surface area contributed by atoms with Crippen LogP contribution in [0.5, 0.6) is 5.75 Å². The predicted octanol–water partition coefficient (Wildman–Crippen LogP) is 0.907. The summed E-state index contributed by atoms with van der Waals surface area (Å²) in [7, 11) is 3.27. The third-order valence-corrected chi connectivity index (χ3v) is 2.62. The Kier molecular flexibility index (Phi) is 4.31. The van der Waals surface area contributed by atoms with Gasteiger partial charge < -0.3 is 15.3 Å². The summed E-state index contributed by atoms with van der Waals surface area (Å²) in [5.41, 5.74) is 1.04. The molecule has 0 radical (unpaired) electrons. The van der Waals surface area contributed by atoms with E-state index in [1.165, 1.54) is 17.0 Å². The van der Waals surface area contributed by atoms with Gasteiger partial charge in [-0.15, -0.1) is 0 Å². The highest BCUT2D eigenvalue weighted by atomic mass is 16.3. The molecule has 98 valence electrons. The summed E-state index contributed by atoms with van der Waals surface area (Å²) in [6.45, 7) is 3.34. The zero-order valence-electron chi connectivity index (χ0n) is 11.0. The molecule has 1 atom stereocenters. The molecule has 0 saturated heterocycles. The summed E-state index contributed by atoms with van der Waals surface area (Å²) in [5.74, 6) is -0.358. The van der Waals surface area contributed by atoms with E-state index in [9.17, 15) is 14.7 Å². The summed E-state index contributed by atoms with van der Waals surface area (Å²) in [4.78, 5) is 24.9. The molecule has 1 aromatic carbocycles. The average Bonchev–Trinajstić information content (AvgIpc) is 2.31. The highest BCUT2D eigenvalue weighted by Crippen LogP contribution is 2.16. The number of nitrogens with one attached hydrogen (secondary N) is 1. The van der Waals surface area contributed by atoms with Gasteiger partial charge in [-0.2, -0.15) is 0 Å². The molecule has 2 N–H and O–H groups in total. The van der Waals surface area contributed by atoms with Crippen LogP contribution in [-0.4, -0.2) is 42.0 Å². The molecular weight excluding hydrogens is 232 g/mol. The van der Waals surface area contributed by atoms with Crippen molar-refractivity contribution < 1.29 is 14.7 Å². The Bertz CT molecular complexity index is 469. The molecule has 0 aromatic heterocycles. The zero-order chi connectivity index (χ0) is 13.9. The SMILES string of the molecule is Cc1cc(C(=O)NC(C)C(=O)N(C)C)ccc1O. The van der Waals surface area contributed by atoms with E-state index in [0.717, 1.165) is 0 Å². The van der Waals surface area contributed by atoms with Crippen molar-refractivity contribution in [2.45, 2.75) is 19.9 Å². The second-order valence-electron chi connectivity index (χ2n) is 4.43. The number of carbonyl (C=O) groups is 2. The van der Waals surface area contributed by atoms with Gasteiger partial charge in [0.15, 0.2) is 0 Å². The number of aromatic hydroxyl groups is 1. The number of benzene rings is 1. The summed E-state index contributed by atoms with van der Waals surface area (Å²) in [6, 6.07) is 3.98. The standard InChI is InChI=1S/C13H18N2O3/c1-8-7-10(5-6-11(8)16)12(17)14-9(2)13(18)15(3)4/h5-7,9,16H,1-4H3,(H,14,17). The van der Waals surface area contributed by atoms with Crippen LogP contribution in [0.2, 0.25) is 0 Å². The monoisotopic (exact) mass is 250 g/mol. The highest BCUT2D eigenvalue weighted by molar-refractivity contribution is 5.97. The van der Waals surface area contributed by atoms with Crippen LogP contribution in [0.4, 0.5) is 0 Å². The van der Waals surface area contributed by atoms with Crippen molar-refractivity contribution in [2.24, 2.45) is 0 Å². The van der Waals surface area contributed by atoms with Gasteiger partial charge in [-0.25, -0.2) is 0 Å². The molecule has 1 unspecified atom stereocenters. The summed E-state index contributed by atoms with van der Waals surface area (Å²) in [5, 5.41) is 12.0. The molecule has 0 spiro atoms. The number of phenolic OH excluding ortho intramolecular Hbond substituents is 1. The number of hydrogen-bond donors (Lipinski definition) is 2. The Morgan fingerprint density at radius 3 is 2.44 bits per heavy atom. The fraction of sp³-hybridized carbons (Fsp3) is 0.385. The molecule has 0 saturated carbocycles.